The van der Waals surface area contributed by atoms with E-state index in [0.29, 0.717) is 22.5 Å². The number of aryl methyl sites for hydroxylation is 1. The van der Waals surface area contributed by atoms with E-state index in [1.165, 1.54) is 6.07 Å². The fourth-order valence-corrected chi connectivity index (χ4v) is 3.24. The van der Waals surface area contributed by atoms with Crippen molar-refractivity contribution in [2.75, 3.05) is 16.3 Å². The first-order valence-corrected chi connectivity index (χ1v) is 10.9. The molecule has 0 saturated heterocycles. The summed E-state index contributed by atoms with van der Waals surface area (Å²) >= 11 is 0. The van der Waals surface area contributed by atoms with E-state index < -0.39 is 16.0 Å². The number of carbonyl (C=O) groups excluding carboxylic acids is 2. The van der Waals surface area contributed by atoms with Crippen LogP contribution in [0.2, 0.25) is 0 Å². The van der Waals surface area contributed by atoms with Crippen molar-refractivity contribution < 1.29 is 22.7 Å². The van der Waals surface area contributed by atoms with Crippen LogP contribution in [0.3, 0.4) is 0 Å². The lowest BCUT2D eigenvalue weighted by atomic mass is 10.1. The SMILES string of the molecule is Cc1ccc(C(=O)Oc2ccc(NC(=O)c3ccccc3)cc2)cc1NS(C)(=O)=O. The van der Waals surface area contributed by atoms with Crippen LogP contribution in [0.5, 0.6) is 5.75 Å². The van der Waals surface area contributed by atoms with Crippen molar-refractivity contribution >= 4 is 33.3 Å². The zero-order valence-electron chi connectivity index (χ0n) is 16.4. The molecule has 30 heavy (non-hydrogen) atoms. The lowest BCUT2D eigenvalue weighted by molar-refractivity contribution is 0.0734. The minimum absolute atomic E-state index is 0.202. The maximum Gasteiger partial charge on any atom is 0.343 e. The number of carbonyl (C=O) groups is 2. The number of rotatable bonds is 6. The number of esters is 1. The number of amides is 1. The maximum atomic E-state index is 12.4. The Morgan fingerprint density at radius 1 is 0.867 bits per heavy atom. The topological polar surface area (TPSA) is 102 Å². The molecule has 0 fully saturated rings. The van der Waals surface area contributed by atoms with E-state index in [2.05, 4.69) is 10.0 Å². The van der Waals surface area contributed by atoms with Gasteiger partial charge in [0.1, 0.15) is 5.75 Å². The van der Waals surface area contributed by atoms with Gasteiger partial charge in [-0.3, -0.25) is 9.52 Å². The first-order chi connectivity index (χ1) is 14.2. The zero-order valence-corrected chi connectivity index (χ0v) is 17.2. The van der Waals surface area contributed by atoms with Crippen LogP contribution in [0.15, 0.2) is 72.8 Å². The molecule has 0 unspecified atom stereocenters. The Balaban J connectivity index is 1.67. The minimum Gasteiger partial charge on any atom is -0.423 e. The third kappa shape index (κ3) is 5.68. The summed E-state index contributed by atoms with van der Waals surface area (Å²) < 4.78 is 30.6. The van der Waals surface area contributed by atoms with Crippen LogP contribution >= 0.6 is 0 Å². The number of benzene rings is 3. The number of ether oxygens (including phenoxy) is 1. The summed E-state index contributed by atoms with van der Waals surface area (Å²) in [6, 6.07) is 19.8. The Morgan fingerprint density at radius 2 is 1.53 bits per heavy atom. The van der Waals surface area contributed by atoms with Crippen LogP contribution in [0.1, 0.15) is 26.3 Å². The molecule has 3 aromatic carbocycles. The fraction of sp³-hybridized carbons (Fsp3) is 0.0909. The molecule has 0 saturated carbocycles. The van der Waals surface area contributed by atoms with Gasteiger partial charge in [0.25, 0.3) is 5.91 Å². The van der Waals surface area contributed by atoms with Crippen molar-refractivity contribution in [1.82, 2.24) is 0 Å². The van der Waals surface area contributed by atoms with Gasteiger partial charge in [0.2, 0.25) is 10.0 Å². The van der Waals surface area contributed by atoms with Crippen molar-refractivity contribution in [2.45, 2.75) is 6.92 Å². The predicted molar refractivity (Wildman–Crippen MR) is 115 cm³/mol. The summed E-state index contributed by atoms with van der Waals surface area (Å²) in [6.45, 7) is 1.73. The van der Waals surface area contributed by atoms with E-state index in [9.17, 15) is 18.0 Å². The van der Waals surface area contributed by atoms with Crippen LogP contribution in [0.25, 0.3) is 0 Å². The average Bonchev–Trinajstić information content (AvgIpc) is 2.70. The molecule has 0 spiro atoms. The largest absolute Gasteiger partial charge is 0.423 e. The molecule has 0 radical (unpaired) electrons. The first-order valence-electron chi connectivity index (χ1n) is 8.98. The van der Waals surface area contributed by atoms with Gasteiger partial charge in [-0.05, 0) is 61.0 Å². The molecule has 3 aromatic rings. The van der Waals surface area contributed by atoms with Crippen LogP contribution in [0, 0.1) is 6.92 Å². The van der Waals surface area contributed by atoms with Gasteiger partial charge in [0.15, 0.2) is 0 Å². The van der Waals surface area contributed by atoms with Crippen LogP contribution in [-0.4, -0.2) is 26.6 Å². The molecular formula is C22H20N2O5S. The van der Waals surface area contributed by atoms with Crippen molar-refractivity contribution in [3.8, 4) is 5.75 Å². The summed E-state index contributed by atoms with van der Waals surface area (Å²) in [5.74, 6) is -0.588. The van der Waals surface area contributed by atoms with Gasteiger partial charge in [-0.25, -0.2) is 13.2 Å². The Kier molecular flexibility index (Phi) is 6.17. The van der Waals surface area contributed by atoms with E-state index in [-0.39, 0.29) is 17.2 Å². The smallest absolute Gasteiger partial charge is 0.343 e. The molecule has 3 rings (SSSR count). The summed E-state index contributed by atoms with van der Waals surface area (Å²) in [5, 5.41) is 2.76. The number of hydrogen-bond acceptors (Lipinski definition) is 5. The normalized spacial score (nSPS) is 10.9. The molecule has 0 aliphatic heterocycles. The molecule has 0 aliphatic carbocycles. The van der Waals surface area contributed by atoms with E-state index in [0.717, 1.165) is 6.26 Å². The number of hydrogen-bond donors (Lipinski definition) is 2. The molecule has 154 valence electrons. The monoisotopic (exact) mass is 424 g/mol. The summed E-state index contributed by atoms with van der Waals surface area (Å²) in [7, 11) is -3.47. The predicted octanol–water partition coefficient (Wildman–Crippen LogP) is 3.84. The second kappa shape index (κ2) is 8.79. The van der Waals surface area contributed by atoms with Gasteiger partial charge in [-0.15, -0.1) is 0 Å². The molecule has 0 atom stereocenters. The summed E-state index contributed by atoms with van der Waals surface area (Å²) in [5.41, 5.74) is 2.28. The molecule has 0 heterocycles. The molecule has 1 amide bonds. The zero-order chi connectivity index (χ0) is 21.7. The van der Waals surface area contributed by atoms with Crippen molar-refractivity contribution in [3.63, 3.8) is 0 Å². The number of sulfonamides is 1. The number of anilines is 2. The Hall–Kier alpha value is -3.65. The van der Waals surface area contributed by atoms with Crippen molar-refractivity contribution in [1.29, 1.82) is 0 Å². The van der Waals surface area contributed by atoms with Crippen molar-refractivity contribution in [2.24, 2.45) is 0 Å². The fourth-order valence-electron chi connectivity index (χ4n) is 2.62. The molecular weight excluding hydrogens is 404 g/mol. The Labute approximate surface area is 174 Å². The highest BCUT2D eigenvalue weighted by atomic mass is 32.2. The van der Waals surface area contributed by atoms with E-state index in [4.69, 9.17) is 4.74 Å². The summed E-state index contributed by atoms with van der Waals surface area (Å²) in [4.78, 5) is 24.6. The van der Waals surface area contributed by atoms with Crippen molar-refractivity contribution in [3.05, 3.63) is 89.5 Å². The molecule has 0 aliphatic rings. The van der Waals surface area contributed by atoms with E-state index in [1.807, 2.05) is 6.07 Å². The van der Waals surface area contributed by atoms with Gasteiger partial charge in [-0.2, -0.15) is 0 Å². The number of nitrogens with one attached hydrogen (secondary N) is 2. The minimum atomic E-state index is -3.47. The van der Waals surface area contributed by atoms with Gasteiger partial charge < -0.3 is 10.1 Å². The molecule has 2 N–H and O–H groups in total. The first kappa shape index (κ1) is 21.1. The Bertz CT molecular complexity index is 1170. The quantitative estimate of drug-likeness (QED) is 0.462. The van der Waals surface area contributed by atoms with Gasteiger partial charge in [0.05, 0.1) is 17.5 Å². The van der Waals surface area contributed by atoms with Gasteiger partial charge >= 0.3 is 5.97 Å². The molecule has 0 aromatic heterocycles. The molecule has 7 nitrogen and oxygen atoms in total. The lowest BCUT2D eigenvalue weighted by Crippen LogP contribution is -2.13. The highest BCUT2D eigenvalue weighted by molar-refractivity contribution is 7.92. The standard InChI is InChI=1S/C22H20N2O5S/c1-15-8-9-17(14-20(15)24-30(2,27)28)22(26)29-19-12-10-18(11-13-19)23-21(25)16-6-4-3-5-7-16/h3-14,24H,1-2H3,(H,23,25). The van der Waals surface area contributed by atoms with Gasteiger partial charge in [0, 0.05) is 11.3 Å². The third-order valence-electron chi connectivity index (χ3n) is 4.13. The van der Waals surface area contributed by atoms with Crippen LogP contribution in [0.4, 0.5) is 11.4 Å². The molecule has 8 heteroatoms. The summed E-state index contributed by atoms with van der Waals surface area (Å²) in [6.07, 6.45) is 1.04. The maximum absolute atomic E-state index is 12.4. The van der Waals surface area contributed by atoms with Crippen LogP contribution in [-0.2, 0) is 10.0 Å². The third-order valence-corrected chi connectivity index (χ3v) is 4.72. The van der Waals surface area contributed by atoms with E-state index in [1.54, 1.807) is 67.6 Å². The average molecular weight is 424 g/mol. The Morgan fingerprint density at radius 3 is 2.17 bits per heavy atom. The van der Waals surface area contributed by atoms with Gasteiger partial charge in [-0.1, -0.05) is 24.3 Å². The molecule has 0 bridgehead atoms. The lowest BCUT2D eigenvalue weighted by Gasteiger charge is -2.10. The second-order valence-electron chi connectivity index (χ2n) is 6.64. The van der Waals surface area contributed by atoms with Crippen LogP contribution < -0.4 is 14.8 Å². The van der Waals surface area contributed by atoms with E-state index >= 15 is 0 Å². The highest BCUT2D eigenvalue weighted by Crippen LogP contribution is 2.21. The second-order valence-corrected chi connectivity index (χ2v) is 8.39. The highest BCUT2D eigenvalue weighted by Gasteiger charge is 2.13.